The molecule has 0 atom stereocenters. The summed E-state index contributed by atoms with van der Waals surface area (Å²) in [5.74, 6) is 0.876. The molecule has 1 N–H and O–H groups in total. The monoisotopic (exact) mass is 338 g/mol. The van der Waals surface area contributed by atoms with Gasteiger partial charge in [0.25, 0.3) is 0 Å². The van der Waals surface area contributed by atoms with Crippen molar-refractivity contribution in [1.82, 2.24) is 4.98 Å². The highest BCUT2D eigenvalue weighted by atomic mass is 35.5. The van der Waals surface area contributed by atoms with Gasteiger partial charge >= 0.3 is 0 Å². The van der Waals surface area contributed by atoms with Gasteiger partial charge in [0, 0.05) is 17.5 Å². The van der Waals surface area contributed by atoms with Crippen LogP contribution >= 0.6 is 11.6 Å². The number of unbranched alkanes of at least 4 members (excludes halogenated alkanes) is 3. The summed E-state index contributed by atoms with van der Waals surface area (Å²) >= 11 is 6.76. The summed E-state index contributed by atoms with van der Waals surface area (Å²) in [6, 6.07) is 18.3. The maximum Gasteiger partial charge on any atom is 0.136 e. The quantitative estimate of drug-likeness (QED) is 0.494. The molecule has 124 valence electrons. The number of halogens is 1. The van der Waals surface area contributed by atoms with E-state index in [1.54, 1.807) is 0 Å². The number of nitrogens with zero attached hydrogens (tertiary/aromatic N) is 1. The first-order chi connectivity index (χ1) is 11.8. The Kier molecular flexibility index (Phi) is 5.71. The van der Waals surface area contributed by atoms with Crippen molar-refractivity contribution in [2.24, 2.45) is 0 Å². The first-order valence-corrected chi connectivity index (χ1v) is 9.06. The van der Waals surface area contributed by atoms with E-state index >= 15 is 0 Å². The van der Waals surface area contributed by atoms with Crippen molar-refractivity contribution < 1.29 is 0 Å². The average molecular weight is 339 g/mol. The summed E-state index contributed by atoms with van der Waals surface area (Å²) in [5, 5.41) is 5.27. The molecule has 0 aliphatic carbocycles. The fraction of sp³-hybridized carbons (Fsp3) is 0.286. The Labute approximate surface area is 148 Å². The molecule has 0 fully saturated rings. The number of pyridine rings is 1. The van der Waals surface area contributed by atoms with Gasteiger partial charge in [-0.1, -0.05) is 86.3 Å². The Bertz CT molecular complexity index is 800. The second-order valence-corrected chi connectivity index (χ2v) is 6.40. The van der Waals surface area contributed by atoms with E-state index in [0.717, 1.165) is 45.8 Å². The molecule has 0 spiro atoms. The molecule has 1 aromatic heterocycles. The van der Waals surface area contributed by atoms with Gasteiger partial charge in [-0.05, 0) is 18.1 Å². The van der Waals surface area contributed by atoms with E-state index in [2.05, 4.69) is 24.4 Å². The smallest absolute Gasteiger partial charge is 0.136 e. The summed E-state index contributed by atoms with van der Waals surface area (Å²) in [6.45, 7) is 3.15. The Morgan fingerprint density at radius 2 is 1.67 bits per heavy atom. The van der Waals surface area contributed by atoms with E-state index in [9.17, 15) is 0 Å². The Morgan fingerprint density at radius 1 is 0.917 bits per heavy atom. The van der Waals surface area contributed by atoms with E-state index < -0.39 is 0 Å². The first-order valence-electron chi connectivity index (χ1n) is 8.68. The van der Waals surface area contributed by atoms with Gasteiger partial charge in [-0.15, -0.1) is 0 Å². The molecule has 0 unspecified atom stereocenters. The Balaban J connectivity index is 1.98. The largest absolute Gasteiger partial charge is 0.369 e. The number of rotatable bonds is 7. The van der Waals surface area contributed by atoms with Crippen molar-refractivity contribution in [1.29, 1.82) is 0 Å². The van der Waals surface area contributed by atoms with Crippen molar-refractivity contribution in [2.45, 2.75) is 32.6 Å². The van der Waals surface area contributed by atoms with E-state index in [4.69, 9.17) is 16.6 Å². The van der Waals surface area contributed by atoms with Gasteiger partial charge in [0.05, 0.1) is 10.5 Å². The molecule has 0 bridgehead atoms. The van der Waals surface area contributed by atoms with Crippen LogP contribution in [0.15, 0.2) is 54.6 Å². The zero-order valence-corrected chi connectivity index (χ0v) is 14.8. The summed E-state index contributed by atoms with van der Waals surface area (Å²) in [4.78, 5) is 4.83. The predicted octanol–water partition coefficient (Wildman–Crippen LogP) is 6.55. The number of nitrogens with one attached hydrogen (secondary N) is 1. The van der Waals surface area contributed by atoms with Crippen LogP contribution in [0, 0.1) is 0 Å². The lowest BCUT2D eigenvalue weighted by atomic mass is 10.0. The molecule has 2 nitrogen and oxygen atoms in total. The molecule has 0 amide bonds. The van der Waals surface area contributed by atoms with E-state index in [1.165, 1.54) is 19.3 Å². The first kappa shape index (κ1) is 16.8. The summed E-state index contributed by atoms with van der Waals surface area (Å²) < 4.78 is 0. The number of benzene rings is 2. The van der Waals surface area contributed by atoms with Gasteiger partial charge in [0.2, 0.25) is 0 Å². The molecule has 0 radical (unpaired) electrons. The fourth-order valence-electron chi connectivity index (χ4n) is 2.93. The highest BCUT2D eigenvalue weighted by molar-refractivity contribution is 6.38. The molecule has 3 aromatic rings. The van der Waals surface area contributed by atoms with E-state index in [0.29, 0.717) is 0 Å². The Morgan fingerprint density at radius 3 is 2.46 bits per heavy atom. The third kappa shape index (κ3) is 3.70. The zero-order chi connectivity index (χ0) is 16.8. The topological polar surface area (TPSA) is 24.9 Å². The maximum atomic E-state index is 6.76. The number of anilines is 1. The minimum Gasteiger partial charge on any atom is -0.369 e. The van der Waals surface area contributed by atoms with E-state index in [-0.39, 0.29) is 0 Å². The van der Waals surface area contributed by atoms with Gasteiger partial charge < -0.3 is 5.32 Å². The van der Waals surface area contributed by atoms with Crippen LogP contribution in [0.5, 0.6) is 0 Å². The summed E-state index contributed by atoms with van der Waals surface area (Å²) in [7, 11) is 0. The Hall–Kier alpha value is -2.06. The predicted molar refractivity (Wildman–Crippen MR) is 105 cm³/mol. The number of para-hydroxylation sites is 1. The molecule has 2 aromatic carbocycles. The summed E-state index contributed by atoms with van der Waals surface area (Å²) in [5.41, 5.74) is 3.02. The van der Waals surface area contributed by atoms with Crippen LogP contribution in [-0.2, 0) is 0 Å². The lowest BCUT2D eigenvalue weighted by molar-refractivity contribution is 0.684. The van der Waals surface area contributed by atoms with E-state index in [1.807, 2.05) is 42.5 Å². The molecule has 0 aliphatic heterocycles. The summed E-state index contributed by atoms with van der Waals surface area (Å²) in [6.07, 6.45) is 4.91. The lowest BCUT2D eigenvalue weighted by Crippen LogP contribution is -2.05. The second kappa shape index (κ2) is 8.16. The van der Waals surface area contributed by atoms with Crippen molar-refractivity contribution in [3.05, 3.63) is 59.6 Å². The standard InChI is InChI=1S/C21H23ClN2/c1-2-3-4-10-15-23-21-19(16-11-6-5-7-12-16)20(22)17-13-8-9-14-18(17)24-21/h5-9,11-14H,2-4,10,15H2,1H3,(H,23,24). The van der Waals surface area contributed by atoms with Crippen LogP contribution in [-0.4, -0.2) is 11.5 Å². The van der Waals surface area contributed by atoms with Gasteiger partial charge in [-0.3, -0.25) is 0 Å². The van der Waals surface area contributed by atoms with Gasteiger partial charge in [-0.25, -0.2) is 4.98 Å². The number of hydrogen-bond acceptors (Lipinski definition) is 2. The van der Waals surface area contributed by atoms with Gasteiger partial charge in [0.15, 0.2) is 0 Å². The normalized spacial score (nSPS) is 10.9. The number of fused-ring (bicyclic) bond motifs is 1. The average Bonchev–Trinajstić information content (AvgIpc) is 2.62. The SMILES string of the molecule is CCCCCCNc1nc2ccccc2c(Cl)c1-c1ccccc1. The second-order valence-electron chi connectivity index (χ2n) is 6.02. The van der Waals surface area contributed by atoms with Gasteiger partial charge in [0.1, 0.15) is 5.82 Å². The van der Waals surface area contributed by atoms with Crippen molar-refractivity contribution >= 4 is 28.3 Å². The van der Waals surface area contributed by atoms with Crippen LogP contribution in [0.25, 0.3) is 22.0 Å². The molecule has 24 heavy (non-hydrogen) atoms. The zero-order valence-electron chi connectivity index (χ0n) is 14.1. The molecule has 0 aliphatic rings. The maximum absolute atomic E-state index is 6.76. The molecule has 0 saturated carbocycles. The molecular formula is C21H23ClN2. The number of hydrogen-bond donors (Lipinski definition) is 1. The van der Waals surface area contributed by atoms with Crippen molar-refractivity contribution in [2.75, 3.05) is 11.9 Å². The molecule has 3 rings (SSSR count). The van der Waals surface area contributed by atoms with Crippen molar-refractivity contribution in [3.8, 4) is 11.1 Å². The van der Waals surface area contributed by atoms with Crippen molar-refractivity contribution in [3.63, 3.8) is 0 Å². The number of aromatic nitrogens is 1. The van der Waals surface area contributed by atoms with Gasteiger partial charge in [-0.2, -0.15) is 0 Å². The fourth-order valence-corrected chi connectivity index (χ4v) is 3.28. The lowest BCUT2D eigenvalue weighted by Gasteiger charge is -2.15. The third-order valence-corrected chi connectivity index (χ3v) is 4.61. The molecular weight excluding hydrogens is 316 g/mol. The van der Waals surface area contributed by atoms with Crippen LogP contribution in [0.1, 0.15) is 32.6 Å². The molecule has 0 saturated heterocycles. The van der Waals surface area contributed by atoms with Crippen LogP contribution in [0.4, 0.5) is 5.82 Å². The third-order valence-electron chi connectivity index (χ3n) is 4.21. The van der Waals surface area contributed by atoms with Crippen LogP contribution < -0.4 is 5.32 Å². The van der Waals surface area contributed by atoms with Crippen LogP contribution in [0.2, 0.25) is 5.02 Å². The molecule has 3 heteroatoms. The highest BCUT2D eigenvalue weighted by Crippen LogP contribution is 2.38. The minimum absolute atomic E-state index is 0.767. The van der Waals surface area contributed by atoms with Crippen LogP contribution in [0.3, 0.4) is 0 Å². The molecule has 1 heterocycles. The minimum atomic E-state index is 0.767. The highest BCUT2D eigenvalue weighted by Gasteiger charge is 2.15.